The average Bonchev–Trinajstić information content (AvgIpc) is 3.43. The molecule has 4 rings (SSSR count). The standard InChI is InChI=1S/C22H28N6O/c1-18-7-2-3-9-21(18)28-17-19(16-25-28)15-23-22(29)27-13-5-4-8-20(27)10-14-26-12-6-11-24-26/h2-3,6-7,9,11-12,16-17,20H,4-5,8,10,13-15H2,1H3,(H,23,29). The van der Waals surface area contributed by atoms with E-state index in [9.17, 15) is 4.79 Å². The molecule has 3 aromatic rings. The molecule has 2 aromatic heterocycles. The number of urea groups is 1. The molecular formula is C22H28N6O. The van der Waals surface area contributed by atoms with Crippen LogP contribution < -0.4 is 5.32 Å². The molecule has 0 spiro atoms. The van der Waals surface area contributed by atoms with Gasteiger partial charge in [-0.2, -0.15) is 10.2 Å². The van der Waals surface area contributed by atoms with Crippen LogP contribution in [-0.2, 0) is 13.1 Å². The van der Waals surface area contributed by atoms with Crippen molar-refractivity contribution in [3.8, 4) is 5.69 Å². The van der Waals surface area contributed by atoms with Gasteiger partial charge in [0.25, 0.3) is 0 Å². The van der Waals surface area contributed by atoms with Crippen LogP contribution in [0.1, 0.15) is 36.8 Å². The maximum absolute atomic E-state index is 12.8. The lowest BCUT2D eigenvalue weighted by molar-refractivity contribution is 0.143. The smallest absolute Gasteiger partial charge is 0.317 e. The number of nitrogens with zero attached hydrogens (tertiary/aromatic N) is 5. The Morgan fingerprint density at radius 3 is 2.93 bits per heavy atom. The number of piperidine rings is 1. The lowest BCUT2D eigenvalue weighted by Gasteiger charge is -2.35. The van der Waals surface area contributed by atoms with Crippen LogP contribution in [0.25, 0.3) is 5.69 Å². The number of aryl methyl sites for hydroxylation is 2. The third-order valence-electron chi connectivity index (χ3n) is 5.58. The van der Waals surface area contributed by atoms with E-state index in [1.54, 1.807) is 6.20 Å². The predicted octanol–water partition coefficient (Wildman–Crippen LogP) is 3.53. The van der Waals surface area contributed by atoms with Gasteiger partial charge in [0.15, 0.2) is 0 Å². The van der Waals surface area contributed by atoms with Crippen molar-refractivity contribution in [1.29, 1.82) is 0 Å². The summed E-state index contributed by atoms with van der Waals surface area (Å²) in [5.41, 5.74) is 3.21. The van der Waals surface area contributed by atoms with Crippen LogP contribution in [0.5, 0.6) is 0 Å². The molecule has 1 aliphatic heterocycles. The third kappa shape index (κ3) is 4.67. The topological polar surface area (TPSA) is 68.0 Å². The highest BCUT2D eigenvalue weighted by Gasteiger charge is 2.26. The zero-order chi connectivity index (χ0) is 20.1. The van der Waals surface area contributed by atoms with Gasteiger partial charge in [-0.15, -0.1) is 0 Å². The summed E-state index contributed by atoms with van der Waals surface area (Å²) < 4.78 is 3.80. The van der Waals surface area contributed by atoms with Crippen molar-refractivity contribution in [3.63, 3.8) is 0 Å². The van der Waals surface area contributed by atoms with Crippen LogP contribution in [0.15, 0.2) is 55.1 Å². The molecule has 0 radical (unpaired) electrons. The second-order valence-electron chi connectivity index (χ2n) is 7.64. The summed E-state index contributed by atoms with van der Waals surface area (Å²) in [6, 6.07) is 10.3. The van der Waals surface area contributed by atoms with Gasteiger partial charge in [0.1, 0.15) is 0 Å². The molecule has 1 atom stereocenters. The normalized spacial score (nSPS) is 16.7. The molecule has 0 bridgehead atoms. The highest BCUT2D eigenvalue weighted by Crippen LogP contribution is 2.20. The van der Waals surface area contributed by atoms with E-state index < -0.39 is 0 Å². The molecule has 1 aliphatic rings. The Morgan fingerprint density at radius 2 is 2.10 bits per heavy atom. The average molecular weight is 393 g/mol. The van der Waals surface area contributed by atoms with E-state index in [2.05, 4.69) is 28.5 Å². The molecular weight excluding hydrogens is 364 g/mol. The van der Waals surface area contributed by atoms with Gasteiger partial charge >= 0.3 is 6.03 Å². The van der Waals surface area contributed by atoms with E-state index >= 15 is 0 Å². The summed E-state index contributed by atoms with van der Waals surface area (Å²) in [5, 5.41) is 11.8. The van der Waals surface area contributed by atoms with Crippen LogP contribution in [0.2, 0.25) is 0 Å². The number of hydrogen-bond acceptors (Lipinski definition) is 3. The van der Waals surface area contributed by atoms with Crippen molar-refractivity contribution in [3.05, 3.63) is 66.2 Å². The number of para-hydroxylation sites is 1. The summed E-state index contributed by atoms with van der Waals surface area (Å²) in [6.45, 7) is 4.20. The molecule has 1 fully saturated rings. The first-order valence-electron chi connectivity index (χ1n) is 10.3. The van der Waals surface area contributed by atoms with Crippen molar-refractivity contribution in [2.45, 2.75) is 51.7 Å². The number of nitrogens with one attached hydrogen (secondary N) is 1. The molecule has 1 saturated heterocycles. The van der Waals surface area contributed by atoms with Gasteiger partial charge in [-0.25, -0.2) is 9.48 Å². The summed E-state index contributed by atoms with van der Waals surface area (Å²) in [7, 11) is 0. The molecule has 29 heavy (non-hydrogen) atoms. The van der Waals surface area contributed by atoms with Crippen LogP contribution in [0.3, 0.4) is 0 Å². The number of carbonyl (C=O) groups excluding carboxylic acids is 1. The van der Waals surface area contributed by atoms with Gasteiger partial charge in [-0.1, -0.05) is 18.2 Å². The fourth-order valence-electron chi connectivity index (χ4n) is 3.96. The Bertz CT molecular complexity index is 932. The Morgan fingerprint density at radius 1 is 1.21 bits per heavy atom. The second kappa shape index (κ2) is 8.94. The molecule has 0 aliphatic carbocycles. The van der Waals surface area contributed by atoms with Crippen molar-refractivity contribution >= 4 is 6.03 Å². The molecule has 1 N–H and O–H groups in total. The third-order valence-corrected chi connectivity index (χ3v) is 5.58. The Labute approximate surface area is 171 Å². The zero-order valence-electron chi connectivity index (χ0n) is 16.9. The maximum Gasteiger partial charge on any atom is 0.317 e. The van der Waals surface area contributed by atoms with Gasteiger partial charge in [0, 0.05) is 49.8 Å². The van der Waals surface area contributed by atoms with Gasteiger partial charge < -0.3 is 10.2 Å². The first-order chi connectivity index (χ1) is 14.2. The summed E-state index contributed by atoms with van der Waals surface area (Å²) >= 11 is 0. The van der Waals surface area contributed by atoms with Crippen LogP contribution in [0.4, 0.5) is 4.79 Å². The number of rotatable bonds is 6. The molecule has 7 heteroatoms. The quantitative estimate of drug-likeness (QED) is 0.698. The van der Waals surface area contributed by atoms with Crippen molar-refractivity contribution in [2.24, 2.45) is 0 Å². The molecule has 152 valence electrons. The van der Waals surface area contributed by atoms with Gasteiger partial charge in [0.2, 0.25) is 0 Å². The fraction of sp³-hybridized carbons (Fsp3) is 0.409. The SMILES string of the molecule is Cc1ccccc1-n1cc(CNC(=O)N2CCCCC2CCn2cccn2)cn1. The van der Waals surface area contributed by atoms with E-state index in [1.165, 1.54) is 12.0 Å². The molecule has 3 heterocycles. The molecule has 1 aromatic carbocycles. The Balaban J connectivity index is 1.34. The van der Waals surface area contributed by atoms with E-state index in [-0.39, 0.29) is 12.1 Å². The van der Waals surface area contributed by atoms with Crippen LogP contribution in [-0.4, -0.2) is 43.1 Å². The van der Waals surface area contributed by atoms with Crippen molar-refractivity contribution < 1.29 is 4.79 Å². The Hall–Kier alpha value is -3.09. The Kier molecular flexibility index (Phi) is 5.93. The number of benzene rings is 1. The van der Waals surface area contributed by atoms with E-state index in [1.807, 2.05) is 57.1 Å². The van der Waals surface area contributed by atoms with E-state index in [4.69, 9.17) is 0 Å². The minimum absolute atomic E-state index is 0.0128. The largest absolute Gasteiger partial charge is 0.334 e. The highest BCUT2D eigenvalue weighted by molar-refractivity contribution is 5.74. The van der Waals surface area contributed by atoms with Gasteiger partial charge in [0.05, 0.1) is 11.9 Å². The van der Waals surface area contributed by atoms with E-state index in [0.29, 0.717) is 6.54 Å². The van der Waals surface area contributed by atoms with E-state index in [0.717, 1.165) is 43.6 Å². The number of hydrogen-bond donors (Lipinski definition) is 1. The number of carbonyl (C=O) groups is 1. The zero-order valence-corrected chi connectivity index (χ0v) is 16.9. The summed E-state index contributed by atoms with van der Waals surface area (Å²) in [4.78, 5) is 14.8. The minimum Gasteiger partial charge on any atom is -0.334 e. The highest BCUT2D eigenvalue weighted by atomic mass is 16.2. The van der Waals surface area contributed by atoms with Crippen molar-refractivity contribution in [2.75, 3.05) is 6.54 Å². The second-order valence-corrected chi connectivity index (χ2v) is 7.64. The minimum atomic E-state index is 0.0128. The van der Waals surface area contributed by atoms with Crippen LogP contribution >= 0.6 is 0 Å². The maximum atomic E-state index is 12.8. The van der Waals surface area contributed by atoms with Gasteiger partial charge in [-0.3, -0.25) is 4.68 Å². The van der Waals surface area contributed by atoms with Gasteiger partial charge in [-0.05, 0) is 50.3 Å². The molecule has 2 amide bonds. The fourth-order valence-corrected chi connectivity index (χ4v) is 3.96. The summed E-state index contributed by atoms with van der Waals surface area (Å²) in [5.74, 6) is 0. The molecule has 1 unspecified atom stereocenters. The monoisotopic (exact) mass is 392 g/mol. The summed E-state index contributed by atoms with van der Waals surface area (Å²) in [6.07, 6.45) is 11.8. The first kappa shape index (κ1) is 19.2. The predicted molar refractivity (Wildman–Crippen MR) is 112 cm³/mol. The number of likely N-dealkylation sites (tertiary alicyclic amines) is 1. The first-order valence-corrected chi connectivity index (χ1v) is 10.3. The molecule has 7 nitrogen and oxygen atoms in total. The lowest BCUT2D eigenvalue weighted by atomic mass is 10.00. The molecule has 0 saturated carbocycles. The van der Waals surface area contributed by atoms with Crippen molar-refractivity contribution in [1.82, 2.24) is 29.8 Å². The lowest BCUT2D eigenvalue weighted by Crippen LogP contribution is -2.48. The number of amides is 2. The number of aromatic nitrogens is 4. The van der Waals surface area contributed by atoms with Crippen LogP contribution in [0, 0.1) is 6.92 Å².